The first-order chi connectivity index (χ1) is 12.1. The van der Waals surface area contributed by atoms with Gasteiger partial charge in [-0.05, 0) is 32.3 Å². The van der Waals surface area contributed by atoms with Crippen molar-refractivity contribution in [3.8, 4) is 0 Å². The first-order valence-electron chi connectivity index (χ1n) is 8.84. The zero-order valence-electron chi connectivity index (χ0n) is 16.2. The van der Waals surface area contributed by atoms with Gasteiger partial charge in [-0.25, -0.2) is 4.79 Å². The molecule has 1 amide bonds. The number of esters is 1. The van der Waals surface area contributed by atoms with Gasteiger partial charge in [-0.15, -0.1) is 0 Å². The van der Waals surface area contributed by atoms with Crippen molar-refractivity contribution in [2.75, 3.05) is 0 Å². The second kappa shape index (κ2) is 9.94. The van der Waals surface area contributed by atoms with E-state index < -0.39 is 23.7 Å². The Hall–Kier alpha value is -2.37. The molecule has 1 aromatic rings. The maximum Gasteiger partial charge on any atom is 0.408 e. The third-order valence-electron chi connectivity index (χ3n) is 3.78. The first-order valence-corrected chi connectivity index (χ1v) is 8.84. The summed E-state index contributed by atoms with van der Waals surface area (Å²) in [6.07, 6.45) is -0.397. The number of carbonyl (C=O) groups excluding carboxylic acids is 3. The van der Waals surface area contributed by atoms with Crippen LogP contribution in [0.25, 0.3) is 0 Å². The predicted molar refractivity (Wildman–Crippen MR) is 98.5 cm³/mol. The van der Waals surface area contributed by atoms with Crippen LogP contribution in [-0.4, -0.2) is 29.5 Å². The number of ether oxygens (including phenoxy) is 2. The quantitative estimate of drug-likeness (QED) is 0.563. The highest BCUT2D eigenvalue weighted by atomic mass is 16.6. The minimum absolute atomic E-state index is 0.111. The zero-order chi connectivity index (χ0) is 19.7. The van der Waals surface area contributed by atoms with Crippen molar-refractivity contribution < 1.29 is 23.9 Å². The van der Waals surface area contributed by atoms with Gasteiger partial charge in [0.15, 0.2) is 5.78 Å². The van der Waals surface area contributed by atoms with Crippen LogP contribution < -0.4 is 5.32 Å². The van der Waals surface area contributed by atoms with Gasteiger partial charge in [-0.1, -0.05) is 50.6 Å². The molecule has 0 unspecified atom stereocenters. The lowest BCUT2D eigenvalue weighted by Gasteiger charge is -2.24. The molecule has 0 radical (unpaired) electrons. The van der Waals surface area contributed by atoms with Crippen molar-refractivity contribution in [3.63, 3.8) is 0 Å². The van der Waals surface area contributed by atoms with E-state index in [1.54, 1.807) is 20.8 Å². The van der Waals surface area contributed by atoms with E-state index >= 15 is 0 Å². The second-order valence-electron chi connectivity index (χ2n) is 7.30. The largest absolute Gasteiger partial charge is 0.460 e. The molecule has 0 aliphatic carbocycles. The summed E-state index contributed by atoms with van der Waals surface area (Å²) in [5, 5.41) is 2.59. The van der Waals surface area contributed by atoms with Crippen LogP contribution in [0.1, 0.15) is 53.0 Å². The molecule has 0 fully saturated rings. The van der Waals surface area contributed by atoms with Gasteiger partial charge in [-0.3, -0.25) is 9.59 Å². The summed E-state index contributed by atoms with van der Waals surface area (Å²) in [6.45, 7) is 9.08. The summed E-state index contributed by atoms with van der Waals surface area (Å²) in [7, 11) is 0. The zero-order valence-corrected chi connectivity index (χ0v) is 16.2. The van der Waals surface area contributed by atoms with E-state index in [9.17, 15) is 14.4 Å². The van der Waals surface area contributed by atoms with Crippen LogP contribution in [0.5, 0.6) is 0 Å². The number of rotatable bonds is 8. The van der Waals surface area contributed by atoms with Crippen LogP contribution in [0.15, 0.2) is 30.3 Å². The Labute approximate surface area is 155 Å². The number of ketones is 1. The first kappa shape index (κ1) is 21.7. The Morgan fingerprint density at radius 3 is 2.27 bits per heavy atom. The summed E-state index contributed by atoms with van der Waals surface area (Å²) in [6, 6.07) is 8.46. The molecule has 1 aromatic carbocycles. The molecule has 0 heterocycles. The molecule has 0 saturated heterocycles. The van der Waals surface area contributed by atoms with E-state index in [4.69, 9.17) is 9.47 Å². The Morgan fingerprint density at radius 2 is 1.73 bits per heavy atom. The molecule has 144 valence electrons. The van der Waals surface area contributed by atoms with E-state index in [-0.39, 0.29) is 24.7 Å². The molecule has 6 heteroatoms. The van der Waals surface area contributed by atoms with Crippen LogP contribution in [0.2, 0.25) is 0 Å². The van der Waals surface area contributed by atoms with Crippen molar-refractivity contribution >= 4 is 17.8 Å². The minimum Gasteiger partial charge on any atom is -0.460 e. The lowest BCUT2D eigenvalue weighted by Crippen LogP contribution is -2.46. The molecule has 0 spiro atoms. The van der Waals surface area contributed by atoms with Gasteiger partial charge in [0.05, 0.1) is 6.04 Å². The maximum absolute atomic E-state index is 12.5. The monoisotopic (exact) mass is 363 g/mol. The van der Waals surface area contributed by atoms with Crippen molar-refractivity contribution in [1.82, 2.24) is 5.32 Å². The number of carbonyl (C=O) groups is 3. The fraction of sp³-hybridized carbons (Fsp3) is 0.550. The Balaban J connectivity index is 2.63. The number of hydrogen-bond acceptors (Lipinski definition) is 5. The molecule has 1 N–H and O–H groups in total. The van der Waals surface area contributed by atoms with E-state index in [1.807, 2.05) is 44.2 Å². The minimum atomic E-state index is -0.796. The fourth-order valence-electron chi connectivity index (χ4n) is 2.30. The Kier molecular flexibility index (Phi) is 8.29. The number of benzene rings is 1. The predicted octanol–water partition coefficient (Wildman–Crippen LogP) is 3.63. The van der Waals surface area contributed by atoms with Gasteiger partial charge >= 0.3 is 12.1 Å². The number of amides is 1. The summed E-state index contributed by atoms with van der Waals surface area (Å²) in [5.74, 6) is -1.12. The van der Waals surface area contributed by atoms with Crippen LogP contribution in [0, 0.1) is 5.92 Å². The van der Waals surface area contributed by atoms with Crippen LogP contribution in [0.4, 0.5) is 4.79 Å². The molecule has 1 rings (SSSR count). The van der Waals surface area contributed by atoms with Gasteiger partial charge < -0.3 is 14.8 Å². The van der Waals surface area contributed by atoms with Crippen LogP contribution >= 0.6 is 0 Å². The van der Waals surface area contributed by atoms with E-state index in [0.717, 1.165) is 5.56 Å². The molecule has 6 nitrogen and oxygen atoms in total. The lowest BCUT2D eigenvalue weighted by molar-refractivity contribution is -0.156. The summed E-state index contributed by atoms with van der Waals surface area (Å²) in [5.41, 5.74) is 0.188. The SMILES string of the molecule is CC[C@H](C)[C@@H](NC(=O)OCc1ccccc1)C(=O)CC(=O)OC(C)(C)C. The summed E-state index contributed by atoms with van der Waals surface area (Å²) in [4.78, 5) is 36.4. The van der Waals surface area contributed by atoms with Crippen molar-refractivity contribution in [3.05, 3.63) is 35.9 Å². The standard InChI is InChI=1S/C20H29NO5/c1-6-14(2)18(16(22)12-17(23)26-20(3,4)5)21-19(24)25-13-15-10-8-7-9-11-15/h7-11,14,18H,6,12-13H2,1-5H3,(H,21,24)/t14-,18+/m0/s1. The van der Waals surface area contributed by atoms with Gasteiger partial charge in [0.25, 0.3) is 0 Å². The number of nitrogens with one attached hydrogen (secondary N) is 1. The third-order valence-corrected chi connectivity index (χ3v) is 3.78. The third kappa shape index (κ3) is 8.14. The van der Waals surface area contributed by atoms with Gasteiger partial charge in [0, 0.05) is 0 Å². The maximum atomic E-state index is 12.5. The average Bonchev–Trinajstić information content (AvgIpc) is 2.56. The molecular weight excluding hydrogens is 334 g/mol. The van der Waals surface area contributed by atoms with Gasteiger partial charge in [-0.2, -0.15) is 0 Å². The highest BCUT2D eigenvalue weighted by Gasteiger charge is 2.29. The molecule has 0 aromatic heterocycles. The number of Topliss-reactive ketones (excluding diaryl/α,β-unsaturated/α-hetero) is 1. The molecule has 2 atom stereocenters. The van der Waals surface area contributed by atoms with Crippen molar-refractivity contribution in [2.24, 2.45) is 5.92 Å². The van der Waals surface area contributed by atoms with E-state index in [0.29, 0.717) is 6.42 Å². The van der Waals surface area contributed by atoms with Crippen LogP contribution in [-0.2, 0) is 25.7 Å². The highest BCUT2D eigenvalue weighted by Crippen LogP contribution is 2.14. The van der Waals surface area contributed by atoms with Crippen molar-refractivity contribution in [2.45, 2.75) is 65.7 Å². The Bertz CT molecular complexity index is 606. The molecular formula is C20H29NO5. The van der Waals surface area contributed by atoms with Crippen molar-refractivity contribution in [1.29, 1.82) is 0 Å². The lowest BCUT2D eigenvalue weighted by atomic mass is 9.94. The number of hydrogen-bond donors (Lipinski definition) is 1. The number of alkyl carbamates (subject to hydrolysis) is 1. The molecule has 0 bridgehead atoms. The molecule has 0 aliphatic rings. The normalized spacial score (nSPS) is 13.4. The average molecular weight is 363 g/mol. The molecule has 0 saturated carbocycles. The van der Waals surface area contributed by atoms with Crippen LogP contribution in [0.3, 0.4) is 0 Å². The fourth-order valence-corrected chi connectivity index (χ4v) is 2.30. The summed E-state index contributed by atoms with van der Waals surface area (Å²) < 4.78 is 10.3. The van der Waals surface area contributed by atoms with E-state index in [1.165, 1.54) is 0 Å². The van der Waals surface area contributed by atoms with Gasteiger partial charge in [0.2, 0.25) is 0 Å². The topological polar surface area (TPSA) is 81.7 Å². The van der Waals surface area contributed by atoms with E-state index in [2.05, 4.69) is 5.32 Å². The molecule has 0 aliphatic heterocycles. The Morgan fingerprint density at radius 1 is 1.12 bits per heavy atom. The highest BCUT2D eigenvalue weighted by molar-refractivity contribution is 5.99. The van der Waals surface area contributed by atoms with Gasteiger partial charge in [0.1, 0.15) is 18.6 Å². The molecule has 26 heavy (non-hydrogen) atoms. The smallest absolute Gasteiger partial charge is 0.408 e. The summed E-state index contributed by atoms with van der Waals surface area (Å²) >= 11 is 0. The second-order valence-corrected chi connectivity index (χ2v) is 7.30.